The molecule has 0 unspecified atom stereocenters. The number of nitrogens with zero attached hydrogens (tertiary/aromatic N) is 3. The Kier molecular flexibility index (Phi) is 3.92. The van der Waals surface area contributed by atoms with E-state index in [1.807, 2.05) is 36.4 Å². The van der Waals surface area contributed by atoms with Crippen LogP contribution in [0.25, 0.3) is 17.1 Å². The number of aliphatic hydroxyl groups is 1. The van der Waals surface area contributed by atoms with Crippen molar-refractivity contribution in [2.24, 2.45) is 0 Å². The molecule has 0 aliphatic rings. The van der Waals surface area contributed by atoms with Crippen molar-refractivity contribution in [3.05, 3.63) is 64.4 Å². The molecule has 2 aromatic carbocycles. The highest BCUT2D eigenvalue weighted by Gasteiger charge is 2.18. The normalized spacial score (nSPS) is 10.8. The lowest BCUT2D eigenvalue weighted by molar-refractivity contribution is 0.269. The van der Waals surface area contributed by atoms with Crippen LogP contribution in [-0.4, -0.2) is 19.9 Å². The lowest BCUT2D eigenvalue weighted by atomic mass is 10.2. The van der Waals surface area contributed by atoms with Crippen LogP contribution in [0.5, 0.6) is 0 Å². The van der Waals surface area contributed by atoms with Crippen molar-refractivity contribution >= 4 is 23.2 Å². The van der Waals surface area contributed by atoms with Gasteiger partial charge in [-0.1, -0.05) is 47.5 Å². The smallest absolute Gasteiger partial charge is 0.170 e. The molecular weight excluding hydrogens is 309 g/mol. The van der Waals surface area contributed by atoms with E-state index in [2.05, 4.69) is 10.2 Å². The highest BCUT2D eigenvalue weighted by Crippen LogP contribution is 2.33. The molecule has 0 amide bonds. The third-order valence-electron chi connectivity index (χ3n) is 3.08. The van der Waals surface area contributed by atoms with Gasteiger partial charge in [0.1, 0.15) is 6.61 Å². The predicted molar refractivity (Wildman–Crippen MR) is 82.7 cm³/mol. The van der Waals surface area contributed by atoms with Crippen molar-refractivity contribution in [2.45, 2.75) is 6.61 Å². The van der Waals surface area contributed by atoms with Crippen molar-refractivity contribution in [3.63, 3.8) is 0 Å². The summed E-state index contributed by atoms with van der Waals surface area (Å²) in [6.45, 7) is -0.222. The molecule has 1 aromatic heterocycles. The molecule has 4 nitrogen and oxygen atoms in total. The molecule has 0 aliphatic carbocycles. The van der Waals surface area contributed by atoms with Crippen molar-refractivity contribution in [3.8, 4) is 17.1 Å². The van der Waals surface area contributed by atoms with E-state index < -0.39 is 0 Å². The highest BCUT2D eigenvalue weighted by molar-refractivity contribution is 6.43. The van der Waals surface area contributed by atoms with Gasteiger partial charge in [0.15, 0.2) is 11.6 Å². The summed E-state index contributed by atoms with van der Waals surface area (Å²) in [7, 11) is 0. The molecule has 0 spiro atoms. The second kappa shape index (κ2) is 5.85. The van der Waals surface area contributed by atoms with Gasteiger partial charge in [-0.05, 0) is 24.3 Å². The first kappa shape index (κ1) is 14.1. The summed E-state index contributed by atoms with van der Waals surface area (Å²) in [5.74, 6) is 0.977. The zero-order valence-electron chi connectivity index (χ0n) is 10.9. The van der Waals surface area contributed by atoms with Crippen molar-refractivity contribution in [1.82, 2.24) is 14.8 Å². The number of para-hydroxylation sites is 1. The van der Waals surface area contributed by atoms with Crippen LogP contribution in [-0.2, 0) is 6.61 Å². The summed E-state index contributed by atoms with van der Waals surface area (Å²) in [6.07, 6.45) is 0. The Hall–Kier alpha value is -1.88. The van der Waals surface area contributed by atoms with Crippen LogP contribution in [0, 0.1) is 0 Å². The van der Waals surface area contributed by atoms with Crippen LogP contribution < -0.4 is 0 Å². The molecular formula is C15H11Cl2N3O. The maximum absolute atomic E-state index is 9.48. The Balaban J connectivity index is 2.25. The number of halogens is 2. The Morgan fingerprint density at radius 2 is 1.71 bits per heavy atom. The molecule has 1 heterocycles. The standard InChI is InChI=1S/C15H11Cl2N3O/c16-12-8-4-7-11(14(12)17)15-19-18-13(9-21)20(15)10-5-2-1-3-6-10/h1-8,21H,9H2. The largest absolute Gasteiger partial charge is 0.388 e. The number of hydrogen-bond donors (Lipinski definition) is 1. The van der Waals surface area contributed by atoms with E-state index >= 15 is 0 Å². The lowest BCUT2D eigenvalue weighted by Crippen LogP contribution is -2.03. The third kappa shape index (κ3) is 2.53. The van der Waals surface area contributed by atoms with E-state index in [0.29, 0.717) is 27.3 Å². The van der Waals surface area contributed by atoms with Gasteiger partial charge < -0.3 is 5.11 Å². The van der Waals surface area contributed by atoms with Gasteiger partial charge in [0.2, 0.25) is 0 Å². The SMILES string of the molecule is OCc1nnc(-c2cccc(Cl)c2Cl)n1-c1ccccc1. The Bertz CT molecular complexity index is 772. The van der Waals surface area contributed by atoms with Crippen molar-refractivity contribution in [2.75, 3.05) is 0 Å². The van der Waals surface area contributed by atoms with Crippen LogP contribution in [0.3, 0.4) is 0 Å². The average molecular weight is 320 g/mol. The minimum Gasteiger partial charge on any atom is -0.388 e. The van der Waals surface area contributed by atoms with E-state index in [0.717, 1.165) is 5.69 Å². The van der Waals surface area contributed by atoms with Crippen molar-refractivity contribution in [1.29, 1.82) is 0 Å². The van der Waals surface area contributed by atoms with E-state index in [1.54, 1.807) is 16.7 Å². The number of hydrogen-bond acceptors (Lipinski definition) is 3. The van der Waals surface area contributed by atoms with Crippen molar-refractivity contribution < 1.29 is 5.11 Å². The monoisotopic (exact) mass is 319 g/mol. The van der Waals surface area contributed by atoms with Gasteiger partial charge in [-0.3, -0.25) is 4.57 Å². The van der Waals surface area contributed by atoms with Crippen LogP contribution in [0.2, 0.25) is 10.0 Å². The van der Waals surface area contributed by atoms with Gasteiger partial charge in [-0.25, -0.2) is 0 Å². The maximum Gasteiger partial charge on any atom is 0.170 e. The number of benzene rings is 2. The summed E-state index contributed by atoms with van der Waals surface area (Å²) < 4.78 is 1.76. The van der Waals surface area contributed by atoms with E-state index in [4.69, 9.17) is 23.2 Å². The van der Waals surface area contributed by atoms with E-state index in [9.17, 15) is 5.11 Å². The topological polar surface area (TPSA) is 50.9 Å². The first-order chi connectivity index (χ1) is 10.2. The zero-order valence-corrected chi connectivity index (χ0v) is 12.4. The maximum atomic E-state index is 9.48. The minimum absolute atomic E-state index is 0.222. The molecule has 0 atom stereocenters. The first-order valence-corrected chi connectivity index (χ1v) is 7.03. The zero-order chi connectivity index (χ0) is 14.8. The summed E-state index contributed by atoms with van der Waals surface area (Å²) in [5.41, 5.74) is 1.51. The van der Waals surface area contributed by atoms with Crippen LogP contribution in [0.4, 0.5) is 0 Å². The molecule has 3 rings (SSSR count). The summed E-state index contributed by atoms with van der Waals surface area (Å²) in [4.78, 5) is 0. The van der Waals surface area contributed by atoms with Gasteiger partial charge in [0.25, 0.3) is 0 Å². The second-order valence-electron chi connectivity index (χ2n) is 4.37. The fourth-order valence-electron chi connectivity index (χ4n) is 2.12. The first-order valence-electron chi connectivity index (χ1n) is 6.27. The molecule has 6 heteroatoms. The molecule has 21 heavy (non-hydrogen) atoms. The van der Waals surface area contributed by atoms with Crippen LogP contribution >= 0.6 is 23.2 Å². The van der Waals surface area contributed by atoms with Gasteiger partial charge in [0, 0.05) is 11.3 Å². The minimum atomic E-state index is -0.222. The van der Waals surface area contributed by atoms with Gasteiger partial charge >= 0.3 is 0 Å². The summed E-state index contributed by atoms with van der Waals surface area (Å²) in [5, 5.41) is 18.5. The number of aromatic nitrogens is 3. The van der Waals surface area contributed by atoms with Crippen LogP contribution in [0.1, 0.15) is 5.82 Å². The van der Waals surface area contributed by atoms with Gasteiger partial charge in [-0.15, -0.1) is 10.2 Å². The van der Waals surface area contributed by atoms with Gasteiger partial charge in [-0.2, -0.15) is 0 Å². The molecule has 106 valence electrons. The summed E-state index contributed by atoms with van der Waals surface area (Å²) >= 11 is 12.3. The molecule has 0 radical (unpaired) electrons. The molecule has 0 fully saturated rings. The molecule has 0 saturated carbocycles. The molecule has 1 N–H and O–H groups in total. The fraction of sp³-hybridized carbons (Fsp3) is 0.0667. The highest BCUT2D eigenvalue weighted by atomic mass is 35.5. The number of rotatable bonds is 3. The molecule has 0 bridgehead atoms. The average Bonchev–Trinajstić information content (AvgIpc) is 2.94. The Morgan fingerprint density at radius 3 is 2.43 bits per heavy atom. The van der Waals surface area contributed by atoms with Crippen LogP contribution in [0.15, 0.2) is 48.5 Å². The Morgan fingerprint density at radius 1 is 0.952 bits per heavy atom. The molecule has 0 aliphatic heterocycles. The fourth-order valence-corrected chi connectivity index (χ4v) is 2.50. The predicted octanol–water partition coefficient (Wildman–Crippen LogP) is 3.73. The second-order valence-corrected chi connectivity index (χ2v) is 5.16. The summed E-state index contributed by atoms with van der Waals surface area (Å²) in [6, 6.07) is 14.9. The number of aliphatic hydroxyl groups excluding tert-OH is 1. The lowest BCUT2D eigenvalue weighted by Gasteiger charge is -2.10. The van der Waals surface area contributed by atoms with E-state index in [1.165, 1.54) is 0 Å². The Labute approximate surface area is 131 Å². The third-order valence-corrected chi connectivity index (χ3v) is 3.90. The molecule has 0 saturated heterocycles. The molecule has 3 aromatic rings. The van der Waals surface area contributed by atoms with E-state index in [-0.39, 0.29) is 6.61 Å². The van der Waals surface area contributed by atoms with Gasteiger partial charge in [0.05, 0.1) is 10.0 Å². The quantitative estimate of drug-likeness (QED) is 0.800.